The second kappa shape index (κ2) is 10.1. The van der Waals surface area contributed by atoms with Crippen LogP contribution in [0.2, 0.25) is 0 Å². The SMILES string of the molecule is CC(=O)Nc1cc(NC(=O)N2CCC(C(=O)NCc3ccc(F)cc3)CC2)ccc1C. The van der Waals surface area contributed by atoms with Crippen molar-refractivity contribution in [2.24, 2.45) is 5.92 Å². The standard InChI is InChI=1S/C23H27FN4O3/c1-15-3-8-20(13-21(15)26-16(2)29)27-23(31)28-11-9-18(10-12-28)22(30)25-14-17-4-6-19(24)7-5-17/h3-8,13,18H,9-12,14H2,1-2H3,(H,25,30)(H,26,29)(H,27,31). The molecule has 2 aromatic rings. The number of benzene rings is 2. The predicted octanol–water partition coefficient (Wildman–Crippen LogP) is 3.65. The van der Waals surface area contributed by atoms with E-state index in [1.165, 1.54) is 19.1 Å². The van der Waals surface area contributed by atoms with Gasteiger partial charge in [0.2, 0.25) is 11.8 Å². The monoisotopic (exact) mass is 426 g/mol. The molecule has 8 heteroatoms. The molecule has 0 unspecified atom stereocenters. The van der Waals surface area contributed by atoms with Gasteiger partial charge in [-0.05, 0) is 55.2 Å². The lowest BCUT2D eigenvalue weighted by atomic mass is 9.96. The zero-order chi connectivity index (χ0) is 22.4. The van der Waals surface area contributed by atoms with E-state index in [9.17, 15) is 18.8 Å². The van der Waals surface area contributed by atoms with Crippen LogP contribution in [0.4, 0.5) is 20.6 Å². The lowest BCUT2D eigenvalue weighted by Crippen LogP contribution is -2.44. The van der Waals surface area contributed by atoms with Gasteiger partial charge in [0.25, 0.3) is 0 Å². The molecule has 0 bridgehead atoms. The molecule has 1 aliphatic rings. The van der Waals surface area contributed by atoms with Gasteiger partial charge >= 0.3 is 6.03 Å². The van der Waals surface area contributed by atoms with Crippen molar-refractivity contribution in [3.63, 3.8) is 0 Å². The number of carbonyl (C=O) groups excluding carboxylic acids is 3. The molecule has 0 radical (unpaired) electrons. The summed E-state index contributed by atoms with van der Waals surface area (Å²) in [6.45, 7) is 4.62. The second-order valence-corrected chi connectivity index (χ2v) is 7.75. The molecule has 2 aromatic carbocycles. The molecule has 3 N–H and O–H groups in total. The summed E-state index contributed by atoms with van der Waals surface area (Å²) in [6, 6.07) is 11.1. The van der Waals surface area contributed by atoms with E-state index >= 15 is 0 Å². The Balaban J connectivity index is 1.47. The summed E-state index contributed by atoms with van der Waals surface area (Å²) in [4.78, 5) is 38.0. The van der Waals surface area contributed by atoms with Crippen LogP contribution in [0.3, 0.4) is 0 Å². The maximum absolute atomic E-state index is 13.0. The van der Waals surface area contributed by atoms with Crippen LogP contribution in [0, 0.1) is 18.7 Å². The molecule has 7 nitrogen and oxygen atoms in total. The van der Waals surface area contributed by atoms with Crippen molar-refractivity contribution in [2.75, 3.05) is 23.7 Å². The minimum absolute atomic E-state index is 0.0529. The van der Waals surface area contributed by atoms with Crippen molar-refractivity contribution in [1.29, 1.82) is 0 Å². The van der Waals surface area contributed by atoms with Crippen LogP contribution in [0.25, 0.3) is 0 Å². The molecule has 3 rings (SSSR count). The third-order valence-corrected chi connectivity index (χ3v) is 5.33. The number of anilines is 2. The molecule has 1 saturated heterocycles. The maximum atomic E-state index is 13.0. The number of hydrogen-bond donors (Lipinski definition) is 3. The number of aryl methyl sites for hydroxylation is 1. The van der Waals surface area contributed by atoms with E-state index in [2.05, 4.69) is 16.0 Å². The third kappa shape index (κ3) is 6.28. The van der Waals surface area contributed by atoms with E-state index in [1.807, 2.05) is 13.0 Å². The Hall–Kier alpha value is -3.42. The average molecular weight is 426 g/mol. The summed E-state index contributed by atoms with van der Waals surface area (Å²) in [7, 11) is 0. The molecular weight excluding hydrogens is 399 g/mol. The van der Waals surface area contributed by atoms with Crippen molar-refractivity contribution in [3.8, 4) is 0 Å². The fourth-order valence-electron chi connectivity index (χ4n) is 3.51. The Morgan fingerprint density at radius 3 is 2.35 bits per heavy atom. The summed E-state index contributed by atoms with van der Waals surface area (Å²) in [6.07, 6.45) is 1.15. The van der Waals surface area contributed by atoms with E-state index in [-0.39, 0.29) is 29.6 Å². The molecule has 1 heterocycles. The van der Waals surface area contributed by atoms with E-state index < -0.39 is 0 Å². The van der Waals surface area contributed by atoms with Gasteiger partial charge in [-0.15, -0.1) is 0 Å². The first kappa shape index (κ1) is 22.3. The van der Waals surface area contributed by atoms with Crippen molar-refractivity contribution in [2.45, 2.75) is 33.2 Å². The Labute approximate surface area is 181 Å². The highest BCUT2D eigenvalue weighted by atomic mass is 19.1. The van der Waals surface area contributed by atoms with Crippen LogP contribution < -0.4 is 16.0 Å². The van der Waals surface area contributed by atoms with Gasteiger partial charge in [-0.1, -0.05) is 18.2 Å². The maximum Gasteiger partial charge on any atom is 0.321 e. The Morgan fingerprint density at radius 2 is 1.71 bits per heavy atom. The van der Waals surface area contributed by atoms with Crippen molar-refractivity contribution in [3.05, 3.63) is 59.4 Å². The van der Waals surface area contributed by atoms with E-state index in [4.69, 9.17) is 0 Å². The summed E-state index contributed by atoms with van der Waals surface area (Å²) in [5.41, 5.74) is 2.99. The van der Waals surface area contributed by atoms with Gasteiger partial charge in [-0.2, -0.15) is 0 Å². The number of nitrogens with one attached hydrogen (secondary N) is 3. The number of piperidine rings is 1. The number of amides is 4. The Morgan fingerprint density at radius 1 is 1.03 bits per heavy atom. The van der Waals surface area contributed by atoms with E-state index in [1.54, 1.807) is 29.2 Å². The zero-order valence-electron chi connectivity index (χ0n) is 17.7. The normalized spacial score (nSPS) is 14.1. The Bertz CT molecular complexity index is 954. The topological polar surface area (TPSA) is 90.5 Å². The van der Waals surface area contributed by atoms with Crippen LogP contribution >= 0.6 is 0 Å². The lowest BCUT2D eigenvalue weighted by molar-refractivity contribution is -0.126. The molecular formula is C23H27FN4O3. The van der Waals surface area contributed by atoms with Gasteiger partial charge in [0.1, 0.15) is 5.82 Å². The number of likely N-dealkylation sites (tertiary alicyclic amines) is 1. The number of urea groups is 1. The highest BCUT2D eigenvalue weighted by Crippen LogP contribution is 2.22. The quantitative estimate of drug-likeness (QED) is 0.682. The first-order chi connectivity index (χ1) is 14.8. The fraction of sp³-hybridized carbons (Fsp3) is 0.348. The predicted molar refractivity (Wildman–Crippen MR) is 117 cm³/mol. The fourth-order valence-corrected chi connectivity index (χ4v) is 3.51. The molecule has 0 saturated carbocycles. The molecule has 164 valence electrons. The summed E-state index contributed by atoms with van der Waals surface area (Å²) >= 11 is 0. The molecule has 1 aliphatic heterocycles. The molecule has 0 aliphatic carbocycles. The largest absolute Gasteiger partial charge is 0.352 e. The minimum Gasteiger partial charge on any atom is -0.352 e. The first-order valence-corrected chi connectivity index (χ1v) is 10.3. The van der Waals surface area contributed by atoms with Crippen LogP contribution in [0.5, 0.6) is 0 Å². The number of halogens is 1. The van der Waals surface area contributed by atoms with Crippen LogP contribution in [0.1, 0.15) is 30.9 Å². The van der Waals surface area contributed by atoms with Crippen molar-refractivity contribution in [1.82, 2.24) is 10.2 Å². The minimum atomic E-state index is -0.308. The molecule has 0 aromatic heterocycles. The molecule has 0 spiro atoms. The highest BCUT2D eigenvalue weighted by molar-refractivity contribution is 5.93. The molecule has 0 atom stereocenters. The summed E-state index contributed by atoms with van der Waals surface area (Å²) < 4.78 is 13.0. The molecule has 1 fully saturated rings. The average Bonchev–Trinajstić information content (AvgIpc) is 2.75. The van der Waals surface area contributed by atoms with Gasteiger partial charge in [0.05, 0.1) is 0 Å². The smallest absolute Gasteiger partial charge is 0.321 e. The number of carbonyl (C=O) groups is 3. The number of rotatable bonds is 5. The van der Waals surface area contributed by atoms with Gasteiger partial charge in [-0.3, -0.25) is 9.59 Å². The zero-order valence-corrected chi connectivity index (χ0v) is 17.7. The van der Waals surface area contributed by atoms with Gasteiger partial charge < -0.3 is 20.9 Å². The third-order valence-electron chi connectivity index (χ3n) is 5.33. The van der Waals surface area contributed by atoms with Crippen LogP contribution in [-0.2, 0) is 16.1 Å². The van der Waals surface area contributed by atoms with Gasteiger partial charge in [-0.25, -0.2) is 9.18 Å². The highest BCUT2D eigenvalue weighted by Gasteiger charge is 2.27. The van der Waals surface area contributed by atoms with E-state index in [0.717, 1.165) is 11.1 Å². The summed E-state index contributed by atoms with van der Waals surface area (Å²) in [5, 5.41) is 8.48. The second-order valence-electron chi connectivity index (χ2n) is 7.75. The van der Waals surface area contributed by atoms with Gasteiger partial charge in [0, 0.05) is 43.9 Å². The Kier molecular flexibility index (Phi) is 7.23. The lowest BCUT2D eigenvalue weighted by Gasteiger charge is -2.31. The van der Waals surface area contributed by atoms with Crippen molar-refractivity contribution < 1.29 is 18.8 Å². The van der Waals surface area contributed by atoms with Crippen LogP contribution in [-0.4, -0.2) is 35.8 Å². The van der Waals surface area contributed by atoms with Crippen LogP contribution in [0.15, 0.2) is 42.5 Å². The number of hydrogen-bond acceptors (Lipinski definition) is 3. The molecule has 31 heavy (non-hydrogen) atoms. The van der Waals surface area contributed by atoms with Crippen molar-refractivity contribution >= 4 is 29.2 Å². The first-order valence-electron chi connectivity index (χ1n) is 10.3. The van der Waals surface area contributed by atoms with Gasteiger partial charge in [0.15, 0.2) is 0 Å². The van der Waals surface area contributed by atoms with E-state index in [0.29, 0.717) is 43.9 Å². The molecule has 4 amide bonds. The summed E-state index contributed by atoms with van der Waals surface area (Å²) in [5.74, 6) is -0.692. The number of nitrogens with zero attached hydrogens (tertiary/aromatic N) is 1.